The lowest BCUT2D eigenvalue weighted by molar-refractivity contribution is 0.339. The molecular formula is C13H19FN2. The Bertz CT molecular complexity index is 338. The largest absolute Gasteiger partial charge is 0.314 e. The van der Waals surface area contributed by atoms with E-state index in [1.807, 2.05) is 6.07 Å². The number of hydrogen-bond donors (Lipinski definition) is 1. The highest BCUT2D eigenvalue weighted by Crippen LogP contribution is 2.33. The predicted octanol–water partition coefficient (Wildman–Crippen LogP) is 2.86. The summed E-state index contributed by atoms with van der Waals surface area (Å²) >= 11 is 0. The van der Waals surface area contributed by atoms with Crippen molar-refractivity contribution in [2.75, 3.05) is 6.54 Å². The second-order valence-electron chi connectivity index (χ2n) is 4.52. The van der Waals surface area contributed by atoms with Gasteiger partial charge < -0.3 is 5.32 Å². The maximum absolute atomic E-state index is 13.6. The molecule has 2 rings (SSSR count). The van der Waals surface area contributed by atoms with Crippen LogP contribution in [0.3, 0.4) is 0 Å². The second kappa shape index (κ2) is 5.39. The standard InChI is InChI=1S/C13H19FN2/c1-2-16-11-5-3-4-10(8-11)12-6-7-15-9-13(12)14/h6-7,9-11,16H,2-5,8H2,1H3. The highest BCUT2D eigenvalue weighted by Gasteiger charge is 2.24. The molecule has 1 fully saturated rings. The van der Waals surface area contributed by atoms with Gasteiger partial charge in [-0.2, -0.15) is 0 Å². The zero-order valence-corrected chi connectivity index (χ0v) is 9.75. The van der Waals surface area contributed by atoms with Crippen LogP contribution in [0.25, 0.3) is 0 Å². The van der Waals surface area contributed by atoms with Crippen LogP contribution in [0.1, 0.15) is 44.1 Å². The maximum Gasteiger partial charge on any atom is 0.144 e. The van der Waals surface area contributed by atoms with Crippen LogP contribution >= 0.6 is 0 Å². The molecule has 0 aromatic carbocycles. The molecule has 2 unspecified atom stereocenters. The molecule has 0 amide bonds. The second-order valence-corrected chi connectivity index (χ2v) is 4.52. The van der Waals surface area contributed by atoms with Gasteiger partial charge in [-0.1, -0.05) is 13.3 Å². The molecule has 2 atom stereocenters. The molecule has 0 radical (unpaired) electrons. The molecule has 0 bridgehead atoms. The first-order chi connectivity index (χ1) is 7.81. The topological polar surface area (TPSA) is 24.9 Å². The Morgan fingerprint density at radius 2 is 2.38 bits per heavy atom. The number of aromatic nitrogens is 1. The summed E-state index contributed by atoms with van der Waals surface area (Å²) in [6.45, 7) is 3.12. The van der Waals surface area contributed by atoms with Gasteiger partial charge in [0, 0.05) is 12.2 Å². The van der Waals surface area contributed by atoms with Gasteiger partial charge in [-0.25, -0.2) is 4.39 Å². The van der Waals surface area contributed by atoms with Gasteiger partial charge in [-0.15, -0.1) is 0 Å². The molecule has 0 aliphatic heterocycles. The Morgan fingerprint density at radius 1 is 1.50 bits per heavy atom. The molecule has 1 aromatic heterocycles. The molecule has 1 aliphatic rings. The molecule has 1 heterocycles. The Morgan fingerprint density at radius 3 is 3.12 bits per heavy atom. The van der Waals surface area contributed by atoms with Crippen LogP contribution in [0.15, 0.2) is 18.5 Å². The maximum atomic E-state index is 13.6. The summed E-state index contributed by atoms with van der Waals surface area (Å²) in [6.07, 6.45) is 7.57. The van der Waals surface area contributed by atoms with E-state index >= 15 is 0 Å². The zero-order valence-electron chi connectivity index (χ0n) is 9.75. The van der Waals surface area contributed by atoms with Crippen molar-refractivity contribution < 1.29 is 4.39 Å². The van der Waals surface area contributed by atoms with Gasteiger partial charge in [0.2, 0.25) is 0 Å². The third kappa shape index (κ3) is 2.59. The number of pyridine rings is 1. The van der Waals surface area contributed by atoms with Crippen LogP contribution in [-0.2, 0) is 0 Å². The molecule has 1 aliphatic carbocycles. The summed E-state index contributed by atoms with van der Waals surface area (Å²) in [5.41, 5.74) is 0.845. The van der Waals surface area contributed by atoms with Crippen LogP contribution < -0.4 is 5.32 Å². The van der Waals surface area contributed by atoms with E-state index in [4.69, 9.17) is 0 Å². The summed E-state index contributed by atoms with van der Waals surface area (Å²) in [5, 5.41) is 3.47. The molecule has 0 saturated heterocycles. The van der Waals surface area contributed by atoms with E-state index in [0.717, 1.165) is 24.9 Å². The highest BCUT2D eigenvalue weighted by atomic mass is 19.1. The first-order valence-electron chi connectivity index (χ1n) is 6.14. The van der Waals surface area contributed by atoms with Gasteiger partial charge in [0.15, 0.2) is 0 Å². The van der Waals surface area contributed by atoms with Gasteiger partial charge in [0.25, 0.3) is 0 Å². The molecular weight excluding hydrogens is 203 g/mol. The summed E-state index contributed by atoms with van der Waals surface area (Å²) in [4.78, 5) is 3.80. The third-order valence-corrected chi connectivity index (χ3v) is 3.41. The van der Waals surface area contributed by atoms with Crippen molar-refractivity contribution in [3.8, 4) is 0 Å². The molecule has 1 saturated carbocycles. The molecule has 1 aromatic rings. The van der Waals surface area contributed by atoms with E-state index in [-0.39, 0.29) is 5.82 Å². The van der Waals surface area contributed by atoms with E-state index in [9.17, 15) is 4.39 Å². The minimum absolute atomic E-state index is 0.148. The molecule has 1 N–H and O–H groups in total. The average molecular weight is 222 g/mol. The van der Waals surface area contributed by atoms with Crippen molar-refractivity contribution in [3.63, 3.8) is 0 Å². The van der Waals surface area contributed by atoms with Crippen LogP contribution in [0.4, 0.5) is 4.39 Å². The Kier molecular flexibility index (Phi) is 3.88. The first kappa shape index (κ1) is 11.5. The molecule has 16 heavy (non-hydrogen) atoms. The Hall–Kier alpha value is -0.960. The van der Waals surface area contributed by atoms with Crippen LogP contribution in [0.5, 0.6) is 0 Å². The summed E-state index contributed by atoms with van der Waals surface area (Å²) in [6, 6.07) is 2.38. The number of hydrogen-bond acceptors (Lipinski definition) is 2. The lowest BCUT2D eigenvalue weighted by Crippen LogP contribution is -2.33. The van der Waals surface area contributed by atoms with Crippen LogP contribution in [-0.4, -0.2) is 17.6 Å². The lowest BCUT2D eigenvalue weighted by Gasteiger charge is -2.30. The summed E-state index contributed by atoms with van der Waals surface area (Å²) in [5.74, 6) is 0.213. The minimum atomic E-state index is -0.148. The minimum Gasteiger partial charge on any atom is -0.314 e. The van der Waals surface area contributed by atoms with Gasteiger partial charge in [0.1, 0.15) is 5.82 Å². The smallest absolute Gasteiger partial charge is 0.144 e. The van der Waals surface area contributed by atoms with Crippen molar-refractivity contribution in [3.05, 3.63) is 29.8 Å². The van der Waals surface area contributed by atoms with Gasteiger partial charge in [-0.3, -0.25) is 4.98 Å². The molecule has 3 heteroatoms. The van der Waals surface area contributed by atoms with Crippen molar-refractivity contribution in [1.82, 2.24) is 10.3 Å². The van der Waals surface area contributed by atoms with E-state index in [0.29, 0.717) is 12.0 Å². The van der Waals surface area contributed by atoms with Crippen molar-refractivity contribution >= 4 is 0 Å². The summed E-state index contributed by atoms with van der Waals surface area (Å²) in [7, 11) is 0. The number of halogens is 1. The zero-order chi connectivity index (χ0) is 11.4. The Balaban J connectivity index is 2.07. The quantitative estimate of drug-likeness (QED) is 0.850. The van der Waals surface area contributed by atoms with Crippen molar-refractivity contribution in [2.45, 2.75) is 44.6 Å². The van der Waals surface area contributed by atoms with Crippen molar-refractivity contribution in [1.29, 1.82) is 0 Å². The number of rotatable bonds is 3. The summed E-state index contributed by atoms with van der Waals surface area (Å²) < 4.78 is 13.6. The Labute approximate surface area is 96.3 Å². The molecule has 0 spiro atoms. The van der Waals surface area contributed by atoms with Crippen LogP contribution in [0, 0.1) is 5.82 Å². The van der Waals surface area contributed by atoms with E-state index < -0.39 is 0 Å². The third-order valence-electron chi connectivity index (χ3n) is 3.41. The van der Waals surface area contributed by atoms with E-state index in [2.05, 4.69) is 17.2 Å². The fraction of sp³-hybridized carbons (Fsp3) is 0.615. The van der Waals surface area contributed by atoms with Gasteiger partial charge >= 0.3 is 0 Å². The molecule has 2 nitrogen and oxygen atoms in total. The van der Waals surface area contributed by atoms with Crippen molar-refractivity contribution in [2.24, 2.45) is 0 Å². The number of nitrogens with one attached hydrogen (secondary N) is 1. The fourth-order valence-electron chi connectivity index (χ4n) is 2.66. The van der Waals surface area contributed by atoms with E-state index in [1.54, 1.807) is 6.20 Å². The molecule has 88 valence electrons. The number of nitrogens with zero attached hydrogens (tertiary/aromatic N) is 1. The van der Waals surface area contributed by atoms with E-state index in [1.165, 1.54) is 19.0 Å². The monoisotopic (exact) mass is 222 g/mol. The SMILES string of the molecule is CCNC1CCCC(c2ccncc2F)C1. The lowest BCUT2D eigenvalue weighted by atomic mass is 9.81. The van der Waals surface area contributed by atoms with Gasteiger partial charge in [0.05, 0.1) is 6.20 Å². The first-order valence-corrected chi connectivity index (χ1v) is 6.14. The highest BCUT2D eigenvalue weighted by molar-refractivity contribution is 5.19. The fourth-order valence-corrected chi connectivity index (χ4v) is 2.66. The normalized spacial score (nSPS) is 25.6. The van der Waals surface area contributed by atoms with Gasteiger partial charge in [-0.05, 0) is 43.4 Å². The average Bonchev–Trinajstić information content (AvgIpc) is 2.30. The van der Waals surface area contributed by atoms with Crippen LogP contribution in [0.2, 0.25) is 0 Å². The predicted molar refractivity (Wildman–Crippen MR) is 62.9 cm³/mol.